The monoisotopic (exact) mass is 274 g/mol. The minimum absolute atomic E-state index is 0.472. The molecule has 1 atom stereocenters. The maximum atomic E-state index is 11.3. The smallest absolute Gasteiger partial charge is 0.410 e. The summed E-state index contributed by atoms with van der Waals surface area (Å²) in [7, 11) is 0. The average Bonchev–Trinajstić information content (AvgIpc) is 2.31. The Bertz CT molecular complexity index is 259. The third-order valence-electron chi connectivity index (χ3n) is 2.33. The first-order valence-electron chi connectivity index (χ1n) is 6.88. The first-order valence-corrected chi connectivity index (χ1v) is 6.88. The molecule has 0 aromatic rings. The molecular weight excluding hydrogens is 248 g/mol. The highest BCUT2D eigenvalue weighted by Gasteiger charge is 2.10. The van der Waals surface area contributed by atoms with E-state index in [4.69, 9.17) is 4.74 Å². The molecule has 0 radical (unpaired) electrons. The summed E-state index contributed by atoms with van der Waals surface area (Å²) in [5.41, 5.74) is 0. The van der Waals surface area contributed by atoms with Gasteiger partial charge < -0.3 is 20.1 Å². The molecule has 0 aliphatic carbocycles. The normalized spacial score (nSPS) is 11.7. The molecule has 0 heterocycles. The summed E-state index contributed by atoms with van der Waals surface area (Å²) >= 11 is 0. The molecule has 0 unspecified atom stereocenters. The number of esters is 1. The highest BCUT2D eigenvalue weighted by atomic mass is 16.7. The van der Waals surface area contributed by atoms with Crippen LogP contribution in [0.2, 0.25) is 0 Å². The van der Waals surface area contributed by atoms with Crippen molar-refractivity contribution in [2.75, 3.05) is 19.6 Å². The Morgan fingerprint density at radius 3 is 2.37 bits per heavy atom. The molecule has 0 bridgehead atoms. The fourth-order valence-electron chi connectivity index (χ4n) is 1.49. The highest BCUT2D eigenvalue weighted by Crippen LogP contribution is 1.96. The van der Waals surface area contributed by atoms with Crippen LogP contribution in [-0.4, -0.2) is 38.0 Å². The van der Waals surface area contributed by atoms with E-state index < -0.39 is 18.4 Å². The maximum absolute atomic E-state index is 11.3. The van der Waals surface area contributed by atoms with Crippen molar-refractivity contribution >= 4 is 12.1 Å². The van der Waals surface area contributed by atoms with E-state index >= 15 is 0 Å². The predicted octanol–water partition coefficient (Wildman–Crippen LogP) is 1.79. The van der Waals surface area contributed by atoms with Crippen LogP contribution in [0.4, 0.5) is 4.79 Å². The minimum atomic E-state index is -0.851. The summed E-state index contributed by atoms with van der Waals surface area (Å²) in [6.07, 6.45) is 2.80. The van der Waals surface area contributed by atoms with Gasteiger partial charge in [-0.15, -0.1) is 0 Å². The van der Waals surface area contributed by atoms with Crippen molar-refractivity contribution in [1.82, 2.24) is 10.6 Å². The molecule has 0 saturated carbocycles. The van der Waals surface area contributed by atoms with Gasteiger partial charge in [-0.1, -0.05) is 13.3 Å². The van der Waals surface area contributed by atoms with Crippen LogP contribution in [-0.2, 0) is 14.3 Å². The molecule has 0 aliphatic rings. The van der Waals surface area contributed by atoms with Gasteiger partial charge in [-0.3, -0.25) is 4.79 Å². The largest absolute Gasteiger partial charge is 0.426 e. The second-order valence-corrected chi connectivity index (χ2v) is 4.32. The minimum Gasteiger partial charge on any atom is -0.426 e. The second-order valence-electron chi connectivity index (χ2n) is 4.32. The van der Waals surface area contributed by atoms with Crippen LogP contribution in [0.15, 0.2) is 0 Å². The van der Waals surface area contributed by atoms with Gasteiger partial charge in [0.1, 0.15) is 0 Å². The van der Waals surface area contributed by atoms with Gasteiger partial charge in [0.25, 0.3) is 0 Å². The number of unbranched alkanes of at least 4 members (excludes halogenated alkanes) is 2. The van der Waals surface area contributed by atoms with Crippen LogP contribution in [0, 0.1) is 0 Å². The Balaban J connectivity index is 3.36. The molecule has 1 amide bonds. The van der Waals surface area contributed by atoms with Crippen LogP contribution in [0.1, 0.15) is 46.5 Å². The number of hydrogen-bond donors (Lipinski definition) is 2. The van der Waals surface area contributed by atoms with E-state index in [2.05, 4.69) is 22.3 Å². The first kappa shape index (κ1) is 17.7. The molecule has 0 aliphatic heterocycles. The van der Waals surface area contributed by atoms with E-state index in [1.54, 1.807) is 0 Å². The van der Waals surface area contributed by atoms with Crippen molar-refractivity contribution in [1.29, 1.82) is 0 Å². The Morgan fingerprint density at radius 2 is 1.74 bits per heavy atom. The zero-order valence-electron chi connectivity index (χ0n) is 12.2. The molecule has 6 nitrogen and oxygen atoms in total. The van der Waals surface area contributed by atoms with Crippen LogP contribution < -0.4 is 10.6 Å². The number of carbonyl (C=O) groups is 2. The van der Waals surface area contributed by atoms with Crippen molar-refractivity contribution in [3.05, 3.63) is 0 Å². The number of nitrogens with one attached hydrogen (secondary N) is 2. The van der Waals surface area contributed by atoms with Crippen molar-refractivity contribution in [2.24, 2.45) is 0 Å². The third kappa shape index (κ3) is 12.9. The van der Waals surface area contributed by atoms with Gasteiger partial charge in [-0.05, 0) is 32.4 Å². The molecule has 0 rings (SSSR count). The van der Waals surface area contributed by atoms with Gasteiger partial charge in [-0.2, -0.15) is 0 Å². The molecule has 19 heavy (non-hydrogen) atoms. The van der Waals surface area contributed by atoms with E-state index in [9.17, 15) is 9.59 Å². The summed E-state index contributed by atoms with van der Waals surface area (Å²) < 4.78 is 9.49. The fraction of sp³-hybridized carbons (Fsp3) is 0.846. The zero-order valence-corrected chi connectivity index (χ0v) is 12.2. The lowest BCUT2D eigenvalue weighted by molar-refractivity contribution is -0.162. The number of carbonyl (C=O) groups excluding carboxylic acids is 2. The lowest BCUT2D eigenvalue weighted by atomic mass is 10.2. The lowest BCUT2D eigenvalue weighted by Crippen LogP contribution is -2.30. The molecule has 2 N–H and O–H groups in total. The zero-order chi connectivity index (χ0) is 14.5. The number of hydrogen-bond acceptors (Lipinski definition) is 5. The molecule has 112 valence electrons. The van der Waals surface area contributed by atoms with Gasteiger partial charge in [0, 0.05) is 20.4 Å². The van der Waals surface area contributed by atoms with Crippen LogP contribution in [0.3, 0.4) is 0 Å². The Morgan fingerprint density at radius 1 is 1.05 bits per heavy atom. The molecular formula is C13H26N2O4. The van der Waals surface area contributed by atoms with Gasteiger partial charge in [0.2, 0.25) is 6.29 Å². The molecule has 0 spiro atoms. The van der Waals surface area contributed by atoms with Crippen molar-refractivity contribution < 1.29 is 19.1 Å². The predicted molar refractivity (Wildman–Crippen MR) is 72.7 cm³/mol. The van der Waals surface area contributed by atoms with E-state index in [0.717, 1.165) is 38.8 Å². The highest BCUT2D eigenvalue weighted by molar-refractivity contribution is 5.68. The number of ether oxygens (including phenoxy) is 2. The summed E-state index contributed by atoms with van der Waals surface area (Å²) in [5, 5.41) is 5.93. The van der Waals surface area contributed by atoms with Gasteiger partial charge in [0.05, 0.1) is 0 Å². The van der Waals surface area contributed by atoms with Gasteiger partial charge >= 0.3 is 12.1 Å². The average molecular weight is 274 g/mol. The number of alkyl carbamates (subject to hydrolysis) is 1. The molecule has 0 fully saturated rings. The van der Waals surface area contributed by atoms with Gasteiger partial charge in [-0.25, -0.2) is 4.79 Å². The molecule has 0 aromatic carbocycles. The van der Waals surface area contributed by atoms with E-state index in [1.165, 1.54) is 13.8 Å². The molecule has 6 heteroatoms. The van der Waals surface area contributed by atoms with Crippen molar-refractivity contribution in [3.63, 3.8) is 0 Å². The van der Waals surface area contributed by atoms with Gasteiger partial charge in [0.15, 0.2) is 0 Å². The Hall–Kier alpha value is -1.30. The van der Waals surface area contributed by atoms with E-state index in [0.29, 0.717) is 6.54 Å². The van der Waals surface area contributed by atoms with Crippen molar-refractivity contribution in [3.8, 4) is 0 Å². The third-order valence-corrected chi connectivity index (χ3v) is 2.33. The molecule has 0 aromatic heterocycles. The lowest BCUT2D eigenvalue weighted by Gasteiger charge is -2.13. The second kappa shape index (κ2) is 11.8. The Labute approximate surface area is 115 Å². The van der Waals surface area contributed by atoms with Crippen LogP contribution in [0.25, 0.3) is 0 Å². The number of rotatable bonds is 10. The summed E-state index contributed by atoms with van der Waals surface area (Å²) in [6, 6.07) is 0. The van der Waals surface area contributed by atoms with Crippen LogP contribution in [0.5, 0.6) is 0 Å². The topological polar surface area (TPSA) is 76.7 Å². The summed E-state index contributed by atoms with van der Waals surface area (Å²) in [6.45, 7) is 7.55. The fourth-order valence-corrected chi connectivity index (χ4v) is 1.49. The molecule has 0 saturated heterocycles. The quantitative estimate of drug-likeness (QED) is 0.361. The van der Waals surface area contributed by atoms with Crippen LogP contribution >= 0.6 is 0 Å². The van der Waals surface area contributed by atoms with E-state index in [1.807, 2.05) is 0 Å². The first-order chi connectivity index (χ1) is 9.06. The Kier molecular flexibility index (Phi) is 11.0. The van der Waals surface area contributed by atoms with Crippen molar-refractivity contribution in [2.45, 2.75) is 52.7 Å². The number of amides is 1. The SMILES string of the molecule is CCCNCCCCCNC(=O)O[C@H](C)OC(C)=O. The summed E-state index contributed by atoms with van der Waals surface area (Å²) in [4.78, 5) is 21.9. The summed E-state index contributed by atoms with van der Waals surface area (Å²) in [5.74, 6) is -0.472. The standard InChI is InChI=1S/C13H26N2O4/c1-4-8-14-9-6-5-7-10-15-13(17)19-12(3)18-11(2)16/h12,14H,4-10H2,1-3H3,(H,15,17)/t12-/m1/s1. The van der Waals surface area contributed by atoms with E-state index in [-0.39, 0.29) is 0 Å². The maximum Gasteiger partial charge on any atom is 0.410 e.